The number of nitrogens with two attached hydrogens (primary N) is 2. The van der Waals surface area contributed by atoms with Gasteiger partial charge in [0.25, 0.3) is 0 Å². The van der Waals surface area contributed by atoms with Gasteiger partial charge in [0.1, 0.15) is 5.75 Å². The van der Waals surface area contributed by atoms with E-state index in [1.54, 1.807) is 0 Å². The molecular weight excluding hydrogens is 200 g/mol. The van der Waals surface area contributed by atoms with E-state index in [0.717, 1.165) is 38.0 Å². The van der Waals surface area contributed by atoms with Crippen LogP contribution in [-0.2, 0) is 6.42 Å². The van der Waals surface area contributed by atoms with Gasteiger partial charge >= 0.3 is 0 Å². The monoisotopic (exact) mass is 220 g/mol. The summed E-state index contributed by atoms with van der Waals surface area (Å²) in [4.78, 5) is 0. The maximum absolute atomic E-state index is 6.12. The van der Waals surface area contributed by atoms with Crippen molar-refractivity contribution in [2.24, 2.45) is 11.5 Å². The number of ether oxygens (including phenoxy) is 1. The number of hydrogen-bond donors (Lipinski definition) is 2. The molecule has 0 aromatic heterocycles. The Kier molecular flexibility index (Phi) is 3.80. The van der Waals surface area contributed by atoms with E-state index in [2.05, 4.69) is 12.1 Å². The first kappa shape index (κ1) is 11.4. The molecule has 3 nitrogen and oxygen atoms in total. The Morgan fingerprint density at radius 2 is 2.25 bits per heavy atom. The van der Waals surface area contributed by atoms with Crippen LogP contribution in [0.2, 0.25) is 0 Å². The molecule has 1 atom stereocenters. The van der Waals surface area contributed by atoms with Gasteiger partial charge in [0, 0.05) is 6.04 Å². The summed E-state index contributed by atoms with van der Waals surface area (Å²) in [5, 5.41) is 0. The predicted octanol–water partition coefficient (Wildman–Crippen LogP) is 1.75. The molecule has 1 aromatic carbocycles. The molecule has 2 rings (SSSR count). The highest BCUT2D eigenvalue weighted by molar-refractivity contribution is 5.39. The Bertz CT molecular complexity index is 352. The van der Waals surface area contributed by atoms with Gasteiger partial charge in [-0.1, -0.05) is 12.1 Å². The van der Waals surface area contributed by atoms with E-state index in [4.69, 9.17) is 16.2 Å². The van der Waals surface area contributed by atoms with Crippen LogP contribution in [0.15, 0.2) is 18.2 Å². The van der Waals surface area contributed by atoms with Gasteiger partial charge in [0.05, 0.1) is 6.61 Å². The van der Waals surface area contributed by atoms with Crippen LogP contribution in [0, 0.1) is 0 Å². The van der Waals surface area contributed by atoms with Crippen molar-refractivity contribution in [2.75, 3.05) is 13.2 Å². The minimum atomic E-state index is 0.107. The van der Waals surface area contributed by atoms with E-state index >= 15 is 0 Å². The smallest absolute Gasteiger partial charge is 0.122 e. The molecule has 4 N–H and O–H groups in total. The lowest BCUT2D eigenvalue weighted by molar-refractivity contribution is 0.288. The fourth-order valence-corrected chi connectivity index (χ4v) is 2.12. The first-order valence-corrected chi connectivity index (χ1v) is 6.02. The van der Waals surface area contributed by atoms with Gasteiger partial charge in [0.2, 0.25) is 0 Å². The summed E-state index contributed by atoms with van der Waals surface area (Å²) < 4.78 is 5.58. The lowest BCUT2D eigenvalue weighted by Gasteiger charge is -2.19. The quantitative estimate of drug-likeness (QED) is 0.812. The van der Waals surface area contributed by atoms with Gasteiger partial charge < -0.3 is 16.2 Å². The number of hydrogen-bond acceptors (Lipinski definition) is 3. The average Bonchev–Trinajstić information content (AvgIpc) is 2.35. The first-order chi connectivity index (χ1) is 7.81. The molecule has 16 heavy (non-hydrogen) atoms. The zero-order chi connectivity index (χ0) is 11.4. The summed E-state index contributed by atoms with van der Waals surface area (Å²) >= 11 is 0. The molecule has 88 valence electrons. The number of rotatable bonds is 4. The fourth-order valence-electron chi connectivity index (χ4n) is 2.12. The molecular formula is C13H20N2O. The third-order valence-corrected chi connectivity index (χ3v) is 3.08. The van der Waals surface area contributed by atoms with Crippen molar-refractivity contribution in [3.05, 3.63) is 29.3 Å². The van der Waals surface area contributed by atoms with Gasteiger partial charge in [0.15, 0.2) is 0 Å². The zero-order valence-electron chi connectivity index (χ0n) is 9.61. The van der Waals surface area contributed by atoms with E-state index in [1.807, 2.05) is 6.07 Å². The standard InChI is InChI=1S/C13H20N2O/c14-7-1-4-12(15)10-5-6-13-11(9-10)3-2-8-16-13/h5-6,9,12H,1-4,7-8,14-15H2. The second-order valence-electron chi connectivity index (χ2n) is 4.36. The van der Waals surface area contributed by atoms with Crippen molar-refractivity contribution < 1.29 is 4.74 Å². The highest BCUT2D eigenvalue weighted by Crippen LogP contribution is 2.28. The fraction of sp³-hybridized carbons (Fsp3) is 0.538. The van der Waals surface area contributed by atoms with Crippen molar-refractivity contribution in [3.8, 4) is 5.75 Å². The van der Waals surface area contributed by atoms with E-state index in [-0.39, 0.29) is 6.04 Å². The maximum Gasteiger partial charge on any atom is 0.122 e. The summed E-state index contributed by atoms with van der Waals surface area (Å²) in [5.41, 5.74) is 14.1. The summed E-state index contributed by atoms with van der Waals surface area (Å²) in [6, 6.07) is 6.42. The first-order valence-electron chi connectivity index (χ1n) is 6.02. The highest BCUT2D eigenvalue weighted by atomic mass is 16.5. The third-order valence-electron chi connectivity index (χ3n) is 3.08. The zero-order valence-corrected chi connectivity index (χ0v) is 9.61. The molecule has 0 spiro atoms. The molecule has 1 unspecified atom stereocenters. The topological polar surface area (TPSA) is 61.3 Å². The molecule has 0 amide bonds. The molecule has 3 heteroatoms. The van der Waals surface area contributed by atoms with Gasteiger partial charge in [-0.2, -0.15) is 0 Å². The van der Waals surface area contributed by atoms with Gasteiger partial charge in [-0.15, -0.1) is 0 Å². The lowest BCUT2D eigenvalue weighted by atomic mass is 9.97. The molecule has 1 aliphatic heterocycles. The van der Waals surface area contributed by atoms with E-state index in [1.165, 1.54) is 11.1 Å². The molecule has 0 saturated heterocycles. The molecule has 0 aliphatic carbocycles. The predicted molar refractivity (Wildman–Crippen MR) is 65.5 cm³/mol. The average molecular weight is 220 g/mol. The van der Waals surface area contributed by atoms with Crippen LogP contribution in [0.4, 0.5) is 0 Å². The maximum atomic E-state index is 6.12. The Morgan fingerprint density at radius 1 is 1.38 bits per heavy atom. The van der Waals surface area contributed by atoms with Crippen molar-refractivity contribution in [2.45, 2.75) is 31.7 Å². The minimum absolute atomic E-state index is 0.107. The highest BCUT2D eigenvalue weighted by Gasteiger charge is 2.13. The number of fused-ring (bicyclic) bond motifs is 1. The Balaban J connectivity index is 2.10. The van der Waals surface area contributed by atoms with Crippen molar-refractivity contribution in [1.82, 2.24) is 0 Å². The van der Waals surface area contributed by atoms with Gasteiger partial charge in [-0.25, -0.2) is 0 Å². The Hall–Kier alpha value is -1.06. The van der Waals surface area contributed by atoms with Crippen LogP contribution in [-0.4, -0.2) is 13.2 Å². The second kappa shape index (κ2) is 5.32. The molecule has 0 saturated carbocycles. The summed E-state index contributed by atoms with van der Waals surface area (Å²) in [6.45, 7) is 1.55. The Labute approximate surface area is 96.8 Å². The van der Waals surface area contributed by atoms with E-state index in [9.17, 15) is 0 Å². The van der Waals surface area contributed by atoms with Gasteiger partial charge in [-0.3, -0.25) is 0 Å². The van der Waals surface area contributed by atoms with Crippen molar-refractivity contribution in [3.63, 3.8) is 0 Å². The summed E-state index contributed by atoms with van der Waals surface area (Å²) in [6.07, 6.45) is 4.15. The van der Waals surface area contributed by atoms with Crippen LogP contribution in [0.5, 0.6) is 5.75 Å². The minimum Gasteiger partial charge on any atom is -0.493 e. The lowest BCUT2D eigenvalue weighted by Crippen LogP contribution is -2.14. The van der Waals surface area contributed by atoms with Crippen LogP contribution in [0.1, 0.15) is 36.4 Å². The molecule has 1 aliphatic rings. The number of benzene rings is 1. The van der Waals surface area contributed by atoms with Crippen LogP contribution >= 0.6 is 0 Å². The van der Waals surface area contributed by atoms with Crippen LogP contribution in [0.25, 0.3) is 0 Å². The van der Waals surface area contributed by atoms with E-state index < -0.39 is 0 Å². The molecule has 0 radical (unpaired) electrons. The van der Waals surface area contributed by atoms with E-state index in [0.29, 0.717) is 6.54 Å². The summed E-state index contributed by atoms with van der Waals surface area (Å²) in [7, 11) is 0. The molecule has 0 bridgehead atoms. The number of aryl methyl sites for hydroxylation is 1. The summed E-state index contributed by atoms with van der Waals surface area (Å²) in [5.74, 6) is 1.03. The Morgan fingerprint density at radius 3 is 3.06 bits per heavy atom. The second-order valence-corrected chi connectivity index (χ2v) is 4.36. The molecule has 1 heterocycles. The van der Waals surface area contributed by atoms with Gasteiger partial charge in [-0.05, 0) is 49.4 Å². The largest absolute Gasteiger partial charge is 0.493 e. The molecule has 1 aromatic rings. The third kappa shape index (κ3) is 2.54. The van der Waals surface area contributed by atoms with Crippen molar-refractivity contribution >= 4 is 0 Å². The van der Waals surface area contributed by atoms with Crippen molar-refractivity contribution in [1.29, 1.82) is 0 Å². The van der Waals surface area contributed by atoms with Crippen LogP contribution < -0.4 is 16.2 Å². The molecule has 0 fully saturated rings. The normalized spacial score (nSPS) is 16.4. The SMILES string of the molecule is NCCCC(N)c1ccc2c(c1)CCCO2. The van der Waals surface area contributed by atoms with Crippen LogP contribution in [0.3, 0.4) is 0 Å².